The summed E-state index contributed by atoms with van der Waals surface area (Å²) in [6.45, 7) is 2.16. The van der Waals surface area contributed by atoms with Crippen LogP contribution >= 0.6 is 35.3 Å². The molecule has 0 saturated heterocycles. The molecule has 0 unspecified atom stereocenters. The van der Waals surface area contributed by atoms with Crippen LogP contribution in [0.4, 0.5) is 0 Å². The number of fused-ring (bicyclic) bond motifs is 1. The highest BCUT2D eigenvalue weighted by Gasteiger charge is 2.09. The lowest BCUT2D eigenvalue weighted by molar-refractivity contribution is 0.664. The highest BCUT2D eigenvalue weighted by molar-refractivity contribution is 8.00. The monoisotopic (exact) mass is 443 g/mol. The lowest BCUT2D eigenvalue weighted by Crippen LogP contribution is -1.96. The normalized spacial score (nSPS) is 11.4. The Morgan fingerprint density at radius 1 is 1.07 bits per heavy atom. The van der Waals surface area contributed by atoms with Gasteiger partial charge in [0, 0.05) is 29.6 Å². The summed E-state index contributed by atoms with van der Waals surface area (Å²) < 4.78 is 1.71. The van der Waals surface area contributed by atoms with Crippen molar-refractivity contribution < 1.29 is 0 Å². The van der Waals surface area contributed by atoms with Crippen LogP contribution in [-0.4, -0.2) is 46.7 Å². The SMILES string of the molecule is Cc1c(SCCCSc2nnnn2C)ccnc1CSc1nc2ccccc2[nH]1. The molecule has 3 aromatic heterocycles. The number of hydrogen-bond acceptors (Lipinski definition) is 8. The molecule has 0 aliphatic rings. The van der Waals surface area contributed by atoms with Gasteiger partial charge in [-0.2, -0.15) is 0 Å². The number of aromatic nitrogens is 7. The van der Waals surface area contributed by atoms with Gasteiger partial charge in [-0.1, -0.05) is 35.7 Å². The number of nitrogens with zero attached hydrogens (tertiary/aromatic N) is 6. The smallest absolute Gasteiger partial charge is 0.209 e. The topological polar surface area (TPSA) is 85.2 Å². The Morgan fingerprint density at radius 3 is 2.76 bits per heavy atom. The van der Waals surface area contributed by atoms with E-state index in [1.807, 2.05) is 49.3 Å². The van der Waals surface area contributed by atoms with Crippen molar-refractivity contribution in [2.75, 3.05) is 11.5 Å². The largest absolute Gasteiger partial charge is 0.333 e. The van der Waals surface area contributed by atoms with Crippen LogP contribution in [0, 0.1) is 6.92 Å². The van der Waals surface area contributed by atoms with Crippen LogP contribution in [0.1, 0.15) is 17.7 Å². The second-order valence-electron chi connectivity index (χ2n) is 6.36. The van der Waals surface area contributed by atoms with Crippen LogP contribution in [0.2, 0.25) is 0 Å². The molecule has 7 nitrogen and oxygen atoms in total. The molecular formula is C19H21N7S3. The summed E-state index contributed by atoms with van der Waals surface area (Å²) in [4.78, 5) is 13.9. The van der Waals surface area contributed by atoms with Gasteiger partial charge in [0.15, 0.2) is 5.16 Å². The van der Waals surface area contributed by atoms with Crippen molar-refractivity contribution in [1.82, 2.24) is 35.2 Å². The molecule has 0 fully saturated rings. The van der Waals surface area contributed by atoms with Crippen molar-refractivity contribution in [2.45, 2.75) is 34.3 Å². The maximum atomic E-state index is 4.63. The number of H-pyrrole nitrogens is 1. The average molecular weight is 444 g/mol. The number of aromatic amines is 1. The molecular weight excluding hydrogens is 422 g/mol. The minimum atomic E-state index is 0.801. The van der Waals surface area contributed by atoms with Crippen LogP contribution in [-0.2, 0) is 12.8 Å². The zero-order chi connectivity index (χ0) is 20.1. The van der Waals surface area contributed by atoms with Gasteiger partial charge in [0.2, 0.25) is 5.16 Å². The lowest BCUT2D eigenvalue weighted by atomic mass is 10.2. The summed E-state index contributed by atoms with van der Waals surface area (Å²) in [6, 6.07) is 10.2. The Hall–Kier alpha value is -2.04. The van der Waals surface area contributed by atoms with Gasteiger partial charge in [0.05, 0.1) is 16.7 Å². The van der Waals surface area contributed by atoms with E-state index in [0.717, 1.165) is 50.7 Å². The molecule has 4 rings (SSSR count). The Kier molecular flexibility index (Phi) is 6.73. The van der Waals surface area contributed by atoms with Gasteiger partial charge in [-0.3, -0.25) is 4.98 Å². The number of thioether (sulfide) groups is 3. The first-order valence-corrected chi connectivity index (χ1v) is 12.2. The minimum Gasteiger partial charge on any atom is -0.333 e. The molecule has 4 aromatic rings. The molecule has 0 radical (unpaired) electrons. The highest BCUT2D eigenvalue weighted by atomic mass is 32.2. The van der Waals surface area contributed by atoms with E-state index in [2.05, 4.69) is 43.5 Å². The first kappa shape index (κ1) is 20.2. The molecule has 150 valence electrons. The van der Waals surface area contributed by atoms with E-state index < -0.39 is 0 Å². The molecule has 0 amide bonds. The van der Waals surface area contributed by atoms with Crippen molar-refractivity contribution in [3.05, 3.63) is 47.8 Å². The summed E-state index contributed by atoms with van der Waals surface area (Å²) >= 11 is 5.27. The molecule has 0 aliphatic carbocycles. The Morgan fingerprint density at radius 2 is 1.93 bits per heavy atom. The van der Waals surface area contributed by atoms with E-state index in [-0.39, 0.29) is 0 Å². The fourth-order valence-corrected chi connectivity index (χ4v) is 5.62. The number of rotatable bonds is 9. The summed E-state index contributed by atoms with van der Waals surface area (Å²) in [5, 5.41) is 13.3. The van der Waals surface area contributed by atoms with Gasteiger partial charge < -0.3 is 4.98 Å². The van der Waals surface area contributed by atoms with E-state index in [4.69, 9.17) is 0 Å². The minimum absolute atomic E-state index is 0.801. The molecule has 0 saturated carbocycles. The standard InChI is InChI=1S/C19H21N7S3/c1-13-16(12-29-18-21-14-6-3-4-7-15(14)22-18)20-9-8-17(13)27-10-5-11-28-19-23-24-25-26(19)2/h3-4,6-9H,5,10-12H2,1-2H3,(H,21,22). The van der Waals surface area contributed by atoms with Gasteiger partial charge in [-0.05, 0) is 53.3 Å². The molecule has 29 heavy (non-hydrogen) atoms. The Labute approximate surface area is 181 Å². The highest BCUT2D eigenvalue weighted by Crippen LogP contribution is 2.29. The van der Waals surface area contributed by atoms with E-state index in [9.17, 15) is 0 Å². The number of hydrogen-bond donors (Lipinski definition) is 1. The number of benzene rings is 1. The summed E-state index contributed by atoms with van der Waals surface area (Å²) in [7, 11) is 1.86. The van der Waals surface area contributed by atoms with Gasteiger partial charge in [0.25, 0.3) is 0 Å². The summed E-state index contributed by atoms with van der Waals surface area (Å²) in [5.41, 5.74) is 4.43. The number of pyridine rings is 1. The van der Waals surface area contributed by atoms with Crippen molar-refractivity contribution in [1.29, 1.82) is 0 Å². The van der Waals surface area contributed by atoms with Gasteiger partial charge >= 0.3 is 0 Å². The molecule has 1 aromatic carbocycles. The van der Waals surface area contributed by atoms with Gasteiger partial charge in [0.1, 0.15) is 0 Å². The molecule has 0 bridgehead atoms. The number of imidazole rings is 1. The third-order valence-electron chi connectivity index (χ3n) is 4.33. The third kappa shape index (κ3) is 5.12. The molecule has 0 atom stereocenters. The third-order valence-corrected chi connectivity index (χ3v) is 7.56. The van der Waals surface area contributed by atoms with E-state index in [1.165, 1.54) is 10.5 Å². The quantitative estimate of drug-likeness (QED) is 0.302. The average Bonchev–Trinajstić information content (AvgIpc) is 3.33. The fraction of sp³-hybridized carbons (Fsp3) is 0.316. The summed E-state index contributed by atoms with van der Waals surface area (Å²) in [5.74, 6) is 2.86. The van der Waals surface area contributed by atoms with Crippen LogP contribution < -0.4 is 0 Å². The predicted molar refractivity (Wildman–Crippen MR) is 119 cm³/mol. The number of nitrogens with one attached hydrogen (secondary N) is 1. The first-order chi connectivity index (χ1) is 14.2. The number of para-hydroxylation sites is 2. The van der Waals surface area contributed by atoms with E-state index >= 15 is 0 Å². The molecule has 0 spiro atoms. The number of aryl methyl sites for hydroxylation is 1. The fourth-order valence-electron chi connectivity index (χ4n) is 2.74. The number of tetrazole rings is 1. The van der Waals surface area contributed by atoms with E-state index in [1.54, 1.807) is 28.2 Å². The van der Waals surface area contributed by atoms with E-state index in [0.29, 0.717) is 0 Å². The molecule has 0 aliphatic heterocycles. The second-order valence-corrected chi connectivity index (χ2v) is 9.53. The van der Waals surface area contributed by atoms with Crippen LogP contribution in [0.15, 0.2) is 51.7 Å². The van der Waals surface area contributed by atoms with Gasteiger partial charge in [-0.15, -0.1) is 16.9 Å². The van der Waals surface area contributed by atoms with Gasteiger partial charge in [-0.25, -0.2) is 9.67 Å². The Bertz CT molecular complexity index is 1060. The lowest BCUT2D eigenvalue weighted by Gasteiger charge is -2.09. The van der Waals surface area contributed by atoms with Crippen molar-refractivity contribution >= 4 is 46.3 Å². The maximum absolute atomic E-state index is 4.63. The molecule has 1 N–H and O–H groups in total. The van der Waals surface area contributed by atoms with Crippen molar-refractivity contribution in [2.24, 2.45) is 7.05 Å². The maximum Gasteiger partial charge on any atom is 0.209 e. The zero-order valence-electron chi connectivity index (χ0n) is 16.2. The first-order valence-electron chi connectivity index (χ1n) is 9.20. The molecule has 3 heterocycles. The predicted octanol–water partition coefficient (Wildman–Crippen LogP) is 4.36. The summed E-state index contributed by atoms with van der Waals surface area (Å²) in [6.07, 6.45) is 3.00. The zero-order valence-corrected chi connectivity index (χ0v) is 18.7. The van der Waals surface area contributed by atoms with Crippen molar-refractivity contribution in [3.63, 3.8) is 0 Å². The molecule has 10 heteroatoms. The van der Waals surface area contributed by atoms with Crippen LogP contribution in [0.25, 0.3) is 11.0 Å². The van der Waals surface area contributed by atoms with Crippen LogP contribution in [0.3, 0.4) is 0 Å². The van der Waals surface area contributed by atoms with Crippen molar-refractivity contribution in [3.8, 4) is 0 Å². The second kappa shape index (κ2) is 9.64. The van der Waals surface area contributed by atoms with Crippen LogP contribution in [0.5, 0.6) is 0 Å². The Balaban J connectivity index is 1.29.